The second-order valence-electron chi connectivity index (χ2n) is 3.47. The fourth-order valence-electron chi connectivity index (χ4n) is 1.09. The SMILES string of the molecule is Cc1ncc(CNCCN(C)C)[nH]1. The first kappa shape index (κ1) is 10.2. The van der Waals surface area contributed by atoms with Gasteiger partial charge in [-0.2, -0.15) is 0 Å². The van der Waals surface area contributed by atoms with Crippen LogP contribution < -0.4 is 5.32 Å². The average Bonchev–Trinajstić information content (AvgIpc) is 2.45. The molecule has 74 valence electrons. The highest BCUT2D eigenvalue weighted by atomic mass is 15.1. The van der Waals surface area contributed by atoms with Crippen LogP contribution >= 0.6 is 0 Å². The molecule has 2 N–H and O–H groups in total. The Bertz CT molecular complexity index is 242. The van der Waals surface area contributed by atoms with Crippen LogP contribution in [0.5, 0.6) is 0 Å². The van der Waals surface area contributed by atoms with Crippen molar-refractivity contribution in [2.24, 2.45) is 0 Å². The molecule has 4 heteroatoms. The second-order valence-corrected chi connectivity index (χ2v) is 3.47. The number of hydrogen-bond donors (Lipinski definition) is 2. The Kier molecular flexibility index (Phi) is 3.92. The maximum Gasteiger partial charge on any atom is 0.103 e. The number of nitrogens with one attached hydrogen (secondary N) is 2. The normalized spacial score (nSPS) is 11.1. The zero-order valence-electron chi connectivity index (χ0n) is 8.59. The highest BCUT2D eigenvalue weighted by Gasteiger charge is 1.95. The van der Waals surface area contributed by atoms with Gasteiger partial charge >= 0.3 is 0 Å². The minimum Gasteiger partial charge on any atom is -0.345 e. The lowest BCUT2D eigenvalue weighted by Gasteiger charge is -2.09. The molecule has 0 radical (unpaired) electrons. The lowest BCUT2D eigenvalue weighted by molar-refractivity contribution is 0.399. The van der Waals surface area contributed by atoms with Gasteiger partial charge in [0.1, 0.15) is 5.82 Å². The molecule has 1 aromatic heterocycles. The van der Waals surface area contributed by atoms with E-state index in [4.69, 9.17) is 0 Å². The molecule has 0 aliphatic carbocycles. The Morgan fingerprint density at radius 2 is 2.31 bits per heavy atom. The largest absolute Gasteiger partial charge is 0.345 e. The van der Waals surface area contributed by atoms with Gasteiger partial charge in [-0.1, -0.05) is 0 Å². The molecule has 1 heterocycles. The summed E-state index contributed by atoms with van der Waals surface area (Å²) in [6, 6.07) is 0. The van der Waals surface area contributed by atoms with Crippen LogP contribution in [-0.2, 0) is 6.54 Å². The van der Waals surface area contributed by atoms with Gasteiger partial charge in [0.25, 0.3) is 0 Å². The number of imidazole rings is 1. The van der Waals surface area contributed by atoms with Gasteiger partial charge in [-0.05, 0) is 21.0 Å². The summed E-state index contributed by atoms with van der Waals surface area (Å²) >= 11 is 0. The smallest absolute Gasteiger partial charge is 0.103 e. The van der Waals surface area contributed by atoms with Gasteiger partial charge < -0.3 is 15.2 Å². The molecule has 0 spiro atoms. The van der Waals surface area contributed by atoms with Crippen LogP contribution in [-0.4, -0.2) is 42.1 Å². The molecule has 4 nitrogen and oxygen atoms in total. The average molecular weight is 182 g/mol. The van der Waals surface area contributed by atoms with E-state index in [9.17, 15) is 0 Å². The highest BCUT2D eigenvalue weighted by Crippen LogP contribution is 1.93. The Morgan fingerprint density at radius 1 is 1.54 bits per heavy atom. The van der Waals surface area contributed by atoms with E-state index in [1.807, 2.05) is 13.1 Å². The lowest BCUT2D eigenvalue weighted by Crippen LogP contribution is -2.26. The number of H-pyrrole nitrogens is 1. The van der Waals surface area contributed by atoms with Crippen LogP contribution in [0.4, 0.5) is 0 Å². The Morgan fingerprint density at radius 3 is 2.85 bits per heavy atom. The molecule has 13 heavy (non-hydrogen) atoms. The first-order chi connectivity index (χ1) is 6.18. The molecule has 0 aliphatic heterocycles. The molecule has 0 fully saturated rings. The zero-order valence-corrected chi connectivity index (χ0v) is 8.59. The van der Waals surface area contributed by atoms with E-state index in [0.717, 1.165) is 31.2 Å². The molecule has 0 saturated heterocycles. The van der Waals surface area contributed by atoms with Gasteiger partial charge in [0.15, 0.2) is 0 Å². The maximum absolute atomic E-state index is 4.12. The lowest BCUT2D eigenvalue weighted by atomic mass is 10.4. The fraction of sp³-hybridized carbons (Fsp3) is 0.667. The van der Waals surface area contributed by atoms with Crippen molar-refractivity contribution in [3.63, 3.8) is 0 Å². The molecule has 1 aromatic rings. The Hall–Kier alpha value is -0.870. The third-order valence-electron chi connectivity index (χ3n) is 1.81. The van der Waals surface area contributed by atoms with E-state index in [2.05, 4.69) is 34.3 Å². The van der Waals surface area contributed by atoms with Crippen molar-refractivity contribution in [2.45, 2.75) is 13.5 Å². The van der Waals surface area contributed by atoms with E-state index in [1.165, 1.54) is 0 Å². The quantitative estimate of drug-likeness (QED) is 0.647. The second kappa shape index (κ2) is 4.99. The third-order valence-corrected chi connectivity index (χ3v) is 1.81. The van der Waals surface area contributed by atoms with Crippen molar-refractivity contribution in [3.05, 3.63) is 17.7 Å². The first-order valence-corrected chi connectivity index (χ1v) is 4.54. The minimum atomic E-state index is 0.870. The highest BCUT2D eigenvalue weighted by molar-refractivity contribution is 4.99. The van der Waals surface area contributed by atoms with Crippen molar-refractivity contribution in [1.82, 2.24) is 20.2 Å². The first-order valence-electron chi connectivity index (χ1n) is 4.54. The number of likely N-dealkylation sites (N-methyl/N-ethyl adjacent to an activating group) is 1. The molecule has 0 aliphatic rings. The summed E-state index contributed by atoms with van der Waals surface area (Å²) in [6.45, 7) is 4.90. The number of hydrogen-bond acceptors (Lipinski definition) is 3. The van der Waals surface area contributed by atoms with Crippen LogP contribution in [0.15, 0.2) is 6.20 Å². The number of aryl methyl sites for hydroxylation is 1. The van der Waals surface area contributed by atoms with Crippen molar-refractivity contribution >= 4 is 0 Å². The summed E-state index contributed by atoms with van der Waals surface area (Å²) in [7, 11) is 4.14. The van der Waals surface area contributed by atoms with Crippen molar-refractivity contribution in [2.75, 3.05) is 27.2 Å². The van der Waals surface area contributed by atoms with Crippen LogP contribution in [0.2, 0.25) is 0 Å². The summed E-state index contributed by atoms with van der Waals surface area (Å²) in [5.41, 5.74) is 1.15. The summed E-state index contributed by atoms with van der Waals surface area (Å²) < 4.78 is 0. The number of aromatic nitrogens is 2. The van der Waals surface area contributed by atoms with Gasteiger partial charge in [0.05, 0.1) is 0 Å². The summed E-state index contributed by atoms with van der Waals surface area (Å²) in [5.74, 6) is 0.976. The molecule has 0 amide bonds. The molecule has 0 unspecified atom stereocenters. The number of nitrogens with zero attached hydrogens (tertiary/aromatic N) is 2. The summed E-state index contributed by atoms with van der Waals surface area (Å²) in [6.07, 6.45) is 1.87. The van der Waals surface area contributed by atoms with Crippen molar-refractivity contribution in [1.29, 1.82) is 0 Å². The molecule has 0 saturated carbocycles. The Labute approximate surface area is 79.4 Å². The zero-order chi connectivity index (χ0) is 9.68. The minimum absolute atomic E-state index is 0.870. The van der Waals surface area contributed by atoms with Gasteiger partial charge in [0, 0.05) is 31.5 Å². The predicted molar refractivity (Wildman–Crippen MR) is 53.6 cm³/mol. The fourth-order valence-corrected chi connectivity index (χ4v) is 1.09. The molecular formula is C9H18N4. The van der Waals surface area contributed by atoms with E-state index in [-0.39, 0.29) is 0 Å². The van der Waals surface area contributed by atoms with Crippen LogP contribution in [0.1, 0.15) is 11.5 Å². The number of aromatic amines is 1. The van der Waals surface area contributed by atoms with Crippen molar-refractivity contribution in [3.8, 4) is 0 Å². The maximum atomic E-state index is 4.12. The third kappa shape index (κ3) is 4.05. The molecule has 0 atom stereocenters. The topological polar surface area (TPSA) is 44.0 Å². The van der Waals surface area contributed by atoms with Crippen molar-refractivity contribution < 1.29 is 0 Å². The summed E-state index contributed by atoms with van der Waals surface area (Å²) in [4.78, 5) is 9.46. The van der Waals surface area contributed by atoms with Crippen LogP contribution in [0, 0.1) is 6.92 Å². The van der Waals surface area contributed by atoms with Crippen LogP contribution in [0.25, 0.3) is 0 Å². The van der Waals surface area contributed by atoms with E-state index < -0.39 is 0 Å². The van der Waals surface area contributed by atoms with Gasteiger partial charge in [-0.25, -0.2) is 4.98 Å². The van der Waals surface area contributed by atoms with E-state index >= 15 is 0 Å². The molecule has 0 aromatic carbocycles. The molecular weight excluding hydrogens is 164 g/mol. The molecule has 1 rings (SSSR count). The predicted octanol–water partition coefficient (Wildman–Crippen LogP) is 0.369. The van der Waals surface area contributed by atoms with Gasteiger partial charge in [-0.3, -0.25) is 0 Å². The summed E-state index contributed by atoms with van der Waals surface area (Å²) in [5, 5.41) is 3.33. The van der Waals surface area contributed by atoms with Gasteiger partial charge in [-0.15, -0.1) is 0 Å². The molecule has 0 bridgehead atoms. The monoisotopic (exact) mass is 182 g/mol. The van der Waals surface area contributed by atoms with E-state index in [1.54, 1.807) is 0 Å². The Balaban J connectivity index is 2.13. The number of rotatable bonds is 5. The van der Waals surface area contributed by atoms with Gasteiger partial charge in [0.2, 0.25) is 0 Å². The standard InChI is InChI=1S/C9H18N4/c1-8-11-7-9(12-8)6-10-4-5-13(2)3/h7,10H,4-6H2,1-3H3,(H,11,12). The van der Waals surface area contributed by atoms with Crippen LogP contribution in [0.3, 0.4) is 0 Å². The van der Waals surface area contributed by atoms with E-state index in [0.29, 0.717) is 0 Å².